The van der Waals surface area contributed by atoms with E-state index < -0.39 is 0 Å². The molecule has 2 aromatic heterocycles. The molecule has 8 heteroatoms. The number of anilines is 1. The van der Waals surface area contributed by atoms with Crippen molar-refractivity contribution in [3.05, 3.63) is 91.6 Å². The number of nitrogens with zero attached hydrogens (tertiary/aromatic N) is 6. The predicted molar refractivity (Wildman–Crippen MR) is 135 cm³/mol. The average molecular weight is 457 g/mol. The Morgan fingerprint density at radius 1 is 0.882 bits per heavy atom. The number of rotatable bonds is 4. The second-order valence-corrected chi connectivity index (χ2v) is 9.01. The first-order valence-electron chi connectivity index (χ1n) is 11.4. The van der Waals surface area contributed by atoms with Crippen LogP contribution in [0, 0.1) is 13.8 Å². The van der Waals surface area contributed by atoms with Gasteiger partial charge in [-0.1, -0.05) is 48.5 Å². The van der Waals surface area contributed by atoms with Crippen LogP contribution in [0.25, 0.3) is 11.2 Å². The molecule has 3 heterocycles. The Labute approximate surface area is 197 Å². The van der Waals surface area contributed by atoms with Crippen LogP contribution in [-0.2, 0) is 20.1 Å². The minimum atomic E-state index is -0.382. The van der Waals surface area contributed by atoms with Crippen LogP contribution in [0.1, 0.15) is 42.1 Å². The van der Waals surface area contributed by atoms with E-state index >= 15 is 0 Å². The number of hydrogen-bond donors (Lipinski definition) is 0. The quantitative estimate of drug-likeness (QED) is 0.471. The fourth-order valence-corrected chi connectivity index (χ4v) is 4.53. The van der Waals surface area contributed by atoms with Crippen molar-refractivity contribution in [2.24, 2.45) is 12.1 Å². The molecule has 0 fully saturated rings. The summed E-state index contributed by atoms with van der Waals surface area (Å²) < 4.78 is 4.69. The van der Waals surface area contributed by atoms with Gasteiger partial charge in [0.05, 0.1) is 24.8 Å². The molecule has 0 radical (unpaired) electrons. The minimum absolute atomic E-state index is 0.162. The second kappa shape index (κ2) is 8.13. The first-order valence-corrected chi connectivity index (χ1v) is 11.4. The van der Waals surface area contributed by atoms with Crippen LogP contribution in [0.15, 0.2) is 63.2 Å². The van der Waals surface area contributed by atoms with Gasteiger partial charge in [0.15, 0.2) is 11.2 Å². The average Bonchev–Trinajstić information content (AvgIpc) is 3.23. The number of imidazole rings is 1. The summed E-state index contributed by atoms with van der Waals surface area (Å²) in [6.07, 6.45) is 0. The Kier molecular flexibility index (Phi) is 5.23. The Bertz CT molecular complexity index is 1570. The smallest absolute Gasteiger partial charge is 0.294 e. The summed E-state index contributed by atoms with van der Waals surface area (Å²) in [5.41, 5.74) is 5.20. The first-order chi connectivity index (χ1) is 16.3. The van der Waals surface area contributed by atoms with Gasteiger partial charge in [-0.05, 0) is 49.9 Å². The lowest BCUT2D eigenvalue weighted by atomic mass is 10.1. The number of aromatic nitrogens is 4. The maximum absolute atomic E-state index is 13.8. The fourth-order valence-electron chi connectivity index (χ4n) is 4.53. The molecule has 0 N–H and O–H groups in total. The van der Waals surface area contributed by atoms with Crippen molar-refractivity contribution in [2.75, 3.05) is 5.01 Å². The van der Waals surface area contributed by atoms with Crippen molar-refractivity contribution in [3.8, 4) is 0 Å². The van der Waals surface area contributed by atoms with Gasteiger partial charge in [-0.15, -0.1) is 0 Å². The molecule has 0 aliphatic carbocycles. The van der Waals surface area contributed by atoms with Gasteiger partial charge in [-0.3, -0.25) is 18.5 Å². The summed E-state index contributed by atoms with van der Waals surface area (Å²) in [5, 5.41) is 6.62. The number of aryl methyl sites for hydroxylation is 3. The van der Waals surface area contributed by atoms with Crippen molar-refractivity contribution in [1.29, 1.82) is 0 Å². The van der Waals surface area contributed by atoms with E-state index in [4.69, 9.17) is 10.1 Å². The Morgan fingerprint density at radius 2 is 1.47 bits per heavy atom. The zero-order chi connectivity index (χ0) is 24.1. The normalized spacial score (nSPS) is 15.5. The van der Waals surface area contributed by atoms with Gasteiger partial charge in [-0.25, -0.2) is 9.80 Å². The third-order valence-electron chi connectivity index (χ3n) is 6.83. The van der Waals surface area contributed by atoms with Crippen LogP contribution in [0.4, 0.5) is 5.95 Å². The molecule has 8 nitrogen and oxygen atoms in total. The maximum atomic E-state index is 13.8. The molecular formula is C26H28N6O2. The fraction of sp³-hybridized carbons (Fsp3) is 0.308. The zero-order valence-corrected chi connectivity index (χ0v) is 20.1. The molecule has 5 rings (SSSR count). The Balaban J connectivity index is 1.71. The molecule has 4 aromatic rings. The summed E-state index contributed by atoms with van der Waals surface area (Å²) in [7, 11) is 1.67. The van der Waals surface area contributed by atoms with E-state index in [1.165, 1.54) is 9.13 Å². The Hall–Kier alpha value is -3.94. The van der Waals surface area contributed by atoms with Gasteiger partial charge in [0, 0.05) is 7.05 Å². The highest BCUT2D eigenvalue weighted by Crippen LogP contribution is 2.31. The standard InChI is InChI=1S/C26H28N6O2/c1-16-10-6-8-12-20(16)14-30-24(33)22-23(29(5)26(30)34)27-25-31(28-18(3)19(4)32(22)25)15-21-13-9-7-11-17(21)2/h6-13,19H,14-15H2,1-5H3/t19-/m1/s1. The third-order valence-corrected chi connectivity index (χ3v) is 6.83. The molecule has 0 spiro atoms. The molecule has 0 bridgehead atoms. The van der Waals surface area contributed by atoms with Crippen LogP contribution in [0.3, 0.4) is 0 Å². The summed E-state index contributed by atoms with van der Waals surface area (Å²) >= 11 is 0. The lowest BCUT2D eigenvalue weighted by Gasteiger charge is -2.29. The monoisotopic (exact) mass is 456 g/mol. The van der Waals surface area contributed by atoms with Crippen molar-refractivity contribution < 1.29 is 0 Å². The van der Waals surface area contributed by atoms with Crippen LogP contribution in [0.5, 0.6) is 0 Å². The first kappa shape index (κ1) is 21.9. The number of hydrogen-bond acceptors (Lipinski definition) is 5. The zero-order valence-electron chi connectivity index (χ0n) is 20.1. The van der Waals surface area contributed by atoms with Gasteiger partial charge in [0.2, 0.25) is 5.95 Å². The summed E-state index contributed by atoms with van der Waals surface area (Å²) in [5.74, 6) is 0.567. The molecule has 34 heavy (non-hydrogen) atoms. The van der Waals surface area contributed by atoms with E-state index in [1.54, 1.807) is 7.05 Å². The van der Waals surface area contributed by atoms with E-state index in [1.807, 2.05) is 66.7 Å². The lowest BCUT2D eigenvalue weighted by molar-refractivity contribution is 0.625. The summed E-state index contributed by atoms with van der Waals surface area (Å²) in [6, 6.07) is 15.8. The van der Waals surface area contributed by atoms with Crippen LogP contribution in [0.2, 0.25) is 0 Å². The van der Waals surface area contributed by atoms with Crippen LogP contribution in [-0.4, -0.2) is 24.4 Å². The van der Waals surface area contributed by atoms with Crippen LogP contribution >= 0.6 is 0 Å². The molecule has 1 aliphatic heterocycles. The molecule has 0 saturated heterocycles. The summed E-state index contributed by atoms with van der Waals surface area (Å²) in [4.78, 5) is 31.7. The van der Waals surface area contributed by atoms with Crippen molar-refractivity contribution in [1.82, 2.24) is 18.7 Å². The molecular weight excluding hydrogens is 428 g/mol. The highest BCUT2D eigenvalue weighted by molar-refractivity contribution is 5.91. The molecule has 0 amide bonds. The molecule has 1 aliphatic rings. The minimum Gasteiger partial charge on any atom is -0.294 e. The lowest BCUT2D eigenvalue weighted by Crippen LogP contribution is -2.40. The van der Waals surface area contributed by atoms with E-state index in [-0.39, 0.29) is 23.8 Å². The number of benzene rings is 2. The number of fused-ring (bicyclic) bond motifs is 3. The Morgan fingerprint density at radius 3 is 2.09 bits per heavy atom. The largest absolute Gasteiger partial charge is 0.332 e. The molecule has 0 unspecified atom stereocenters. The van der Waals surface area contributed by atoms with E-state index in [0.29, 0.717) is 23.7 Å². The molecule has 174 valence electrons. The van der Waals surface area contributed by atoms with Gasteiger partial charge < -0.3 is 0 Å². The molecule has 2 aromatic carbocycles. The van der Waals surface area contributed by atoms with E-state index in [2.05, 4.69) is 19.1 Å². The van der Waals surface area contributed by atoms with Gasteiger partial charge in [0.25, 0.3) is 5.56 Å². The summed E-state index contributed by atoms with van der Waals surface area (Å²) in [6.45, 7) is 8.74. The van der Waals surface area contributed by atoms with E-state index in [9.17, 15) is 9.59 Å². The maximum Gasteiger partial charge on any atom is 0.332 e. The van der Waals surface area contributed by atoms with Crippen molar-refractivity contribution >= 4 is 22.8 Å². The third kappa shape index (κ3) is 3.37. The van der Waals surface area contributed by atoms with Gasteiger partial charge in [0.1, 0.15) is 0 Å². The SMILES string of the molecule is CC1=NN(Cc2ccccc2C)c2nc3c(c(=O)n(Cc4ccccc4C)c(=O)n3C)n2[C@@H]1C. The van der Waals surface area contributed by atoms with Gasteiger partial charge in [-0.2, -0.15) is 10.1 Å². The topological polar surface area (TPSA) is 77.4 Å². The number of hydrazone groups is 1. The van der Waals surface area contributed by atoms with Crippen molar-refractivity contribution in [2.45, 2.75) is 46.8 Å². The van der Waals surface area contributed by atoms with Crippen molar-refractivity contribution in [3.63, 3.8) is 0 Å². The molecule has 0 saturated carbocycles. The second-order valence-electron chi connectivity index (χ2n) is 9.01. The van der Waals surface area contributed by atoms with Gasteiger partial charge >= 0.3 is 5.69 Å². The van der Waals surface area contributed by atoms with E-state index in [0.717, 1.165) is 28.0 Å². The van der Waals surface area contributed by atoms with Crippen LogP contribution < -0.4 is 16.3 Å². The highest BCUT2D eigenvalue weighted by atomic mass is 16.2. The molecule has 1 atom stereocenters. The predicted octanol–water partition coefficient (Wildman–Crippen LogP) is 3.52. The highest BCUT2D eigenvalue weighted by Gasteiger charge is 2.31.